The smallest absolute Gasteiger partial charge is 0.303 e. The van der Waals surface area contributed by atoms with Gasteiger partial charge in [0.1, 0.15) is 0 Å². The van der Waals surface area contributed by atoms with Gasteiger partial charge >= 0.3 is 5.97 Å². The molecule has 13 heavy (non-hydrogen) atoms. The van der Waals surface area contributed by atoms with Gasteiger partial charge in [0.2, 0.25) is 0 Å². The average Bonchev–Trinajstić information content (AvgIpc) is 1.96. The molecule has 0 rings (SSSR count). The van der Waals surface area contributed by atoms with Gasteiger partial charge < -0.3 is 16.2 Å². The Morgan fingerprint density at radius 3 is 2.23 bits per heavy atom. The summed E-state index contributed by atoms with van der Waals surface area (Å²) in [5.74, 6) is -0.818. The Hall–Kier alpha value is -1.39. The van der Waals surface area contributed by atoms with Crippen molar-refractivity contribution in [1.29, 1.82) is 10.8 Å². The summed E-state index contributed by atoms with van der Waals surface area (Å²) in [5.41, 5.74) is 5.49. The van der Waals surface area contributed by atoms with Gasteiger partial charge in [-0.1, -0.05) is 0 Å². The number of carboxylic acids is 1. The van der Waals surface area contributed by atoms with Crippen LogP contribution < -0.4 is 5.73 Å². The maximum absolute atomic E-state index is 10.1. The number of amidine groups is 1. The van der Waals surface area contributed by atoms with Crippen LogP contribution in [0.1, 0.15) is 32.1 Å². The highest BCUT2D eigenvalue weighted by Gasteiger charge is 2.01. The van der Waals surface area contributed by atoms with E-state index in [-0.39, 0.29) is 18.7 Å². The van der Waals surface area contributed by atoms with Gasteiger partial charge in [0.15, 0.2) is 0 Å². The van der Waals surface area contributed by atoms with Gasteiger partial charge in [-0.2, -0.15) is 0 Å². The number of aliphatic carboxylic acids is 1. The summed E-state index contributed by atoms with van der Waals surface area (Å²) in [5, 5.41) is 22.6. The topological polar surface area (TPSA) is 111 Å². The highest BCUT2D eigenvalue weighted by Crippen LogP contribution is 2.02. The molecule has 0 fully saturated rings. The van der Waals surface area contributed by atoms with E-state index in [0.29, 0.717) is 25.0 Å². The van der Waals surface area contributed by atoms with E-state index in [4.69, 9.17) is 21.7 Å². The zero-order valence-electron chi connectivity index (χ0n) is 7.47. The molecule has 0 radical (unpaired) electrons. The van der Waals surface area contributed by atoms with Crippen molar-refractivity contribution in [1.82, 2.24) is 0 Å². The van der Waals surface area contributed by atoms with Crippen LogP contribution in [0.3, 0.4) is 0 Å². The first-order valence-corrected chi connectivity index (χ1v) is 4.13. The molecule has 0 aliphatic carbocycles. The lowest BCUT2D eigenvalue weighted by molar-refractivity contribution is -0.137. The minimum Gasteiger partial charge on any atom is -0.481 e. The first-order chi connectivity index (χ1) is 6.02. The number of carboxylic acid groups (broad SMARTS) is 1. The number of carbonyl (C=O) groups is 1. The second kappa shape index (κ2) is 6.16. The largest absolute Gasteiger partial charge is 0.481 e. The fourth-order valence-electron chi connectivity index (χ4n) is 0.933. The fourth-order valence-corrected chi connectivity index (χ4v) is 0.933. The molecule has 0 atom stereocenters. The zero-order valence-corrected chi connectivity index (χ0v) is 7.47. The quantitative estimate of drug-likeness (QED) is 0.269. The predicted octanol–water partition coefficient (Wildman–Crippen LogP) is 0.977. The second-order valence-corrected chi connectivity index (χ2v) is 2.91. The van der Waals surface area contributed by atoms with Crippen LogP contribution in [0.15, 0.2) is 0 Å². The van der Waals surface area contributed by atoms with E-state index in [0.717, 1.165) is 0 Å². The number of unbranched alkanes of at least 4 members (excludes halogenated alkanes) is 1. The van der Waals surface area contributed by atoms with Crippen molar-refractivity contribution in [2.45, 2.75) is 32.1 Å². The van der Waals surface area contributed by atoms with Crippen LogP contribution in [-0.2, 0) is 4.79 Å². The Labute approximate surface area is 77.0 Å². The number of nitrogens with two attached hydrogens (primary N) is 1. The number of nitrogens with one attached hydrogen (secondary N) is 2. The molecule has 0 aromatic heterocycles. The number of hydrogen-bond donors (Lipinski definition) is 4. The van der Waals surface area contributed by atoms with E-state index in [2.05, 4.69) is 0 Å². The lowest BCUT2D eigenvalue weighted by Crippen LogP contribution is -2.14. The Kier molecular flexibility index (Phi) is 5.50. The third-order valence-electron chi connectivity index (χ3n) is 1.52. The summed E-state index contributed by atoms with van der Waals surface area (Å²) < 4.78 is 0. The number of hydrogen-bond acceptors (Lipinski definition) is 3. The summed E-state index contributed by atoms with van der Waals surface area (Å²) in [6, 6.07) is 0. The molecule has 5 N–H and O–H groups in total. The van der Waals surface area contributed by atoms with E-state index in [1.807, 2.05) is 0 Å². The fraction of sp³-hybridized carbons (Fsp3) is 0.625. The van der Waals surface area contributed by atoms with Crippen LogP contribution in [-0.4, -0.2) is 22.6 Å². The third-order valence-corrected chi connectivity index (χ3v) is 1.52. The SMILES string of the molecule is N=C(N)CC(=N)CCCCC(=O)O. The van der Waals surface area contributed by atoms with Gasteiger partial charge in [-0.05, 0) is 19.3 Å². The van der Waals surface area contributed by atoms with E-state index >= 15 is 0 Å². The molecule has 74 valence electrons. The Bertz CT molecular complexity index is 213. The van der Waals surface area contributed by atoms with Crippen LogP contribution in [0, 0.1) is 10.8 Å². The highest BCUT2D eigenvalue weighted by molar-refractivity contribution is 5.99. The Morgan fingerprint density at radius 1 is 1.23 bits per heavy atom. The Balaban J connectivity index is 3.37. The van der Waals surface area contributed by atoms with Crippen LogP contribution in [0.4, 0.5) is 0 Å². The molecule has 0 heterocycles. The maximum atomic E-state index is 10.1. The summed E-state index contributed by atoms with van der Waals surface area (Å²) >= 11 is 0. The summed E-state index contributed by atoms with van der Waals surface area (Å²) in [4.78, 5) is 10.1. The van der Waals surface area contributed by atoms with E-state index < -0.39 is 5.97 Å². The van der Waals surface area contributed by atoms with Gasteiger partial charge in [0, 0.05) is 18.6 Å². The van der Waals surface area contributed by atoms with Crippen LogP contribution >= 0.6 is 0 Å². The van der Waals surface area contributed by atoms with Crippen molar-refractivity contribution in [2.24, 2.45) is 5.73 Å². The normalized spacial score (nSPS) is 9.54. The van der Waals surface area contributed by atoms with Gasteiger partial charge in [-0.15, -0.1) is 0 Å². The zero-order chi connectivity index (χ0) is 10.3. The van der Waals surface area contributed by atoms with Gasteiger partial charge in [-0.3, -0.25) is 10.2 Å². The predicted molar refractivity (Wildman–Crippen MR) is 50.4 cm³/mol. The molecule has 0 unspecified atom stereocenters. The van der Waals surface area contributed by atoms with Gasteiger partial charge in [-0.25, -0.2) is 0 Å². The average molecular weight is 185 g/mol. The molecule has 0 aliphatic rings. The molecule has 0 spiro atoms. The molecule has 0 aromatic rings. The molecule has 0 amide bonds. The molecular formula is C8H15N3O2. The van der Waals surface area contributed by atoms with Crippen LogP contribution in [0.2, 0.25) is 0 Å². The molecular weight excluding hydrogens is 170 g/mol. The minimum atomic E-state index is -0.807. The van der Waals surface area contributed by atoms with Crippen molar-refractivity contribution in [3.63, 3.8) is 0 Å². The van der Waals surface area contributed by atoms with Crippen molar-refractivity contribution >= 4 is 17.5 Å². The second-order valence-electron chi connectivity index (χ2n) is 2.91. The molecule has 0 saturated heterocycles. The molecule has 5 nitrogen and oxygen atoms in total. The molecule has 0 aromatic carbocycles. The third kappa shape index (κ3) is 8.52. The van der Waals surface area contributed by atoms with Gasteiger partial charge in [0.25, 0.3) is 0 Å². The van der Waals surface area contributed by atoms with Crippen LogP contribution in [0.25, 0.3) is 0 Å². The summed E-state index contributed by atoms with van der Waals surface area (Å²) in [7, 11) is 0. The van der Waals surface area contributed by atoms with Crippen molar-refractivity contribution in [3.05, 3.63) is 0 Å². The standard InChI is InChI=1S/C8H15N3O2/c9-6(5-7(10)11)3-1-2-4-8(12)13/h9H,1-5H2,(H3,10,11)(H,12,13). The Morgan fingerprint density at radius 2 is 1.77 bits per heavy atom. The number of rotatable bonds is 7. The molecule has 0 saturated carbocycles. The maximum Gasteiger partial charge on any atom is 0.303 e. The minimum absolute atomic E-state index is 0.0109. The summed E-state index contributed by atoms with van der Waals surface area (Å²) in [6.45, 7) is 0. The van der Waals surface area contributed by atoms with E-state index in [1.54, 1.807) is 0 Å². The first kappa shape index (κ1) is 11.6. The van der Waals surface area contributed by atoms with Crippen LogP contribution in [0.5, 0.6) is 0 Å². The highest BCUT2D eigenvalue weighted by atomic mass is 16.4. The van der Waals surface area contributed by atoms with Crippen molar-refractivity contribution in [2.75, 3.05) is 0 Å². The van der Waals surface area contributed by atoms with Crippen molar-refractivity contribution < 1.29 is 9.90 Å². The van der Waals surface area contributed by atoms with Gasteiger partial charge in [0.05, 0.1) is 5.84 Å². The molecule has 0 aliphatic heterocycles. The van der Waals surface area contributed by atoms with Crippen molar-refractivity contribution in [3.8, 4) is 0 Å². The lowest BCUT2D eigenvalue weighted by Gasteiger charge is -2.01. The summed E-state index contributed by atoms with van der Waals surface area (Å²) in [6.07, 6.45) is 2.14. The monoisotopic (exact) mass is 185 g/mol. The first-order valence-electron chi connectivity index (χ1n) is 4.13. The van der Waals surface area contributed by atoms with E-state index in [9.17, 15) is 4.79 Å². The lowest BCUT2D eigenvalue weighted by atomic mass is 10.1. The molecule has 5 heteroatoms. The van der Waals surface area contributed by atoms with E-state index in [1.165, 1.54) is 0 Å². The molecule has 0 bridgehead atoms.